The molecular formula is C16H20N2O4. The van der Waals surface area contributed by atoms with Gasteiger partial charge in [0.1, 0.15) is 0 Å². The Morgan fingerprint density at radius 3 is 2.32 bits per heavy atom. The van der Waals surface area contributed by atoms with Crippen LogP contribution in [-0.4, -0.2) is 22.9 Å². The van der Waals surface area contributed by atoms with Crippen molar-refractivity contribution in [2.45, 2.75) is 32.6 Å². The molecule has 118 valence electrons. The maximum atomic E-state index is 12.1. The van der Waals surface area contributed by atoms with Gasteiger partial charge in [0.25, 0.3) is 5.91 Å². The molecule has 1 aromatic rings. The van der Waals surface area contributed by atoms with Gasteiger partial charge in [0, 0.05) is 5.56 Å². The van der Waals surface area contributed by atoms with Crippen molar-refractivity contribution in [3.63, 3.8) is 0 Å². The first kappa shape index (κ1) is 16.0. The molecule has 2 unspecified atom stereocenters. The topological polar surface area (TPSA) is 95.5 Å². The molecule has 0 heterocycles. The molecule has 2 atom stereocenters. The molecular weight excluding hydrogens is 284 g/mol. The number of carbonyl (C=O) groups excluding carboxylic acids is 2. The van der Waals surface area contributed by atoms with Crippen molar-refractivity contribution in [1.82, 2.24) is 10.9 Å². The maximum Gasteiger partial charge on any atom is 0.307 e. The van der Waals surface area contributed by atoms with E-state index >= 15 is 0 Å². The molecule has 1 saturated carbocycles. The molecule has 2 amide bonds. The van der Waals surface area contributed by atoms with Crippen molar-refractivity contribution in [2.75, 3.05) is 0 Å². The number of carbonyl (C=O) groups is 3. The zero-order valence-corrected chi connectivity index (χ0v) is 12.5. The normalized spacial score (nSPS) is 21.0. The summed E-state index contributed by atoms with van der Waals surface area (Å²) >= 11 is 0. The number of hydrogen-bond donors (Lipinski definition) is 3. The van der Waals surface area contributed by atoms with Crippen LogP contribution in [0.25, 0.3) is 0 Å². The Kier molecular flexibility index (Phi) is 5.14. The lowest BCUT2D eigenvalue weighted by Gasteiger charge is -2.27. The maximum absolute atomic E-state index is 12.1. The van der Waals surface area contributed by atoms with Crippen LogP contribution in [0.1, 0.15) is 41.6 Å². The molecule has 1 aromatic carbocycles. The van der Waals surface area contributed by atoms with E-state index in [9.17, 15) is 19.5 Å². The Labute approximate surface area is 128 Å². The van der Waals surface area contributed by atoms with Crippen molar-refractivity contribution >= 4 is 17.8 Å². The van der Waals surface area contributed by atoms with Gasteiger partial charge in [0.15, 0.2) is 0 Å². The van der Waals surface area contributed by atoms with E-state index in [1.807, 2.05) is 6.07 Å². The standard InChI is InChI=1S/C16H20N2O4/c1-10-6-2-3-7-11(10)14(19)17-18-15(20)12-8-4-5-9-13(12)16(21)22/h2-3,6-7,12-13H,4-5,8-9H2,1H3,(H,17,19)(H,18,20)(H,21,22). The monoisotopic (exact) mass is 304 g/mol. The first-order valence-corrected chi connectivity index (χ1v) is 7.39. The molecule has 6 nitrogen and oxygen atoms in total. The van der Waals surface area contributed by atoms with Crippen LogP contribution in [-0.2, 0) is 9.59 Å². The van der Waals surface area contributed by atoms with E-state index in [0.717, 1.165) is 18.4 Å². The zero-order chi connectivity index (χ0) is 16.1. The highest BCUT2D eigenvalue weighted by Crippen LogP contribution is 2.30. The molecule has 6 heteroatoms. The fourth-order valence-corrected chi connectivity index (χ4v) is 2.85. The average Bonchev–Trinajstić information content (AvgIpc) is 2.52. The number of aryl methyl sites for hydroxylation is 1. The highest BCUT2D eigenvalue weighted by molar-refractivity contribution is 5.97. The molecule has 0 spiro atoms. The Bertz CT molecular complexity index is 585. The van der Waals surface area contributed by atoms with Gasteiger partial charge < -0.3 is 5.11 Å². The molecule has 3 N–H and O–H groups in total. The Hall–Kier alpha value is -2.37. The minimum Gasteiger partial charge on any atom is -0.481 e. The van der Waals surface area contributed by atoms with Crippen LogP contribution in [0.15, 0.2) is 24.3 Å². The molecule has 0 bridgehead atoms. The van der Waals surface area contributed by atoms with Crippen molar-refractivity contribution < 1.29 is 19.5 Å². The van der Waals surface area contributed by atoms with Gasteiger partial charge in [-0.3, -0.25) is 25.2 Å². The minimum absolute atomic E-state index is 0.408. The quantitative estimate of drug-likeness (QED) is 0.740. The predicted octanol–water partition coefficient (Wildman–Crippen LogP) is 1.65. The highest BCUT2D eigenvalue weighted by Gasteiger charge is 2.35. The fourth-order valence-electron chi connectivity index (χ4n) is 2.85. The van der Waals surface area contributed by atoms with Gasteiger partial charge in [-0.1, -0.05) is 31.0 Å². The zero-order valence-electron chi connectivity index (χ0n) is 12.5. The van der Waals surface area contributed by atoms with Gasteiger partial charge in [-0.25, -0.2) is 0 Å². The lowest BCUT2D eigenvalue weighted by Crippen LogP contribution is -2.48. The van der Waals surface area contributed by atoms with Crippen LogP contribution in [0.3, 0.4) is 0 Å². The van der Waals surface area contributed by atoms with Crippen LogP contribution in [0, 0.1) is 18.8 Å². The number of nitrogens with one attached hydrogen (secondary N) is 2. The molecule has 0 aromatic heterocycles. The number of amides is 2. The summed E-state index contributed by atoms with van der Waals surface area (Å²) < 4.78 is 0. The molecule has 1 aliphatic carbocycles. The summed E-state index contributed by atoms with van der Waals surface area (Å²) in [6.07, 6.45) is 2.67. The summed E-state index contributed by atoms with van der Waals surface area (Å²) in [5.74, 6) is -3.07. The van der Waals surface area contributed by atoms with E-state index in [-0.39, 0.29) is 0 Å². The third-order valence-electron chi connectivity index (χ3n) is 4.11. The molecule has 1 aliphatic rings. The van der Waals surface area contributed by atoms with Crippen LogP contribution < -0.4 is 10.9 Å². The largest absolute Gasteiger partial charge is 0.481 e. The van der Waals surface area contributed by atoms with E-state index in [4.69, 9.17) is 0 Å². The predicted molar refractivity (Wildman–Crippen MR) is 79.9 cm³/mol. The number of hydrazine groups is 1. The Morgan fingerprint density at radius 2 is 1.68 bits per heavy atom. The van der Waals surface area contributed by atoms with Gasteiger partial charge in [-0.2, -0.15) is 0 Å². The lowest BCUT2D eigenvalue weighted by atomic mass is 9.79. The summed E-state index contributed by atoms with van der Waals surface area (Å²) in [4.78, 5) is 35.4. The van der Waals surface area contributed by atoms with Crippen LogP contribution in [0.4, 0.5) is 0 Å². The molecule has 22 heavy (non-hydrogen) atoms. The molecule has 0 saturated heterocycles. The van der Waals surface area contributed by atoms with E-state index in [0.29, 0.717) is 18.4 Å². The van der Waals surface area contributed by atoms with Crippen molar-refractivity contribution in [2.24, 2.45) is 11.8 Å². The Morgan fingerprint density at radius 1 is 1.05 bits per heavy atom. The number of carboxylic acids is 1. The fraction of sp³-hybridized carbons (Fsp3) is 0.438. The molecule has 0 radical (unpaired) electrons. The second-order valence-corrected chi connectivity index (χ2v) is 5.59. The van der Waals surface area contributed by atoms with Crippen molar-refractivity contribution in [3.8, 4) is 0 Å². The van der Waals surface area contributed by atoms with Crippen LogP contribution in [0.5, 0.6) is 0 Å². The summed E-state index contributed by atoms with van der Waals surface area (Å²) in [7, 11) is 0. The first-order valence-electron chi connectivity index (χ1n) is 7.39. The molecule has 2 rings (SSSR count). The lowest BCUT2D eigenvalue weighted by molar-refractivity contribution is -0.149. The van der Waals surface area contributed by atoms with Crippen LogP contribution in [0.2, 0.25) is 0 Å². The van der Waals surface area contributed by atoms with E-state index < -0.39 is 29.6 Å². The summed E-state index contributed by atoms with van der Waals surface area (Å²) in [5, 5.41) is 9.18. The van der Waals surface area contributed by atoms with E-state index in [2.05, 4.69) is 10.9 Å². The SMILES string of the molecule is Cc1ccccc1C(=O)NNC(=O)C1CCCCC1C(=O)O. The Balaban J connectivity index is 1.96. The summed E-state index contributed by atoms with van der Waals surface area (Å²) in [6, 6.07) is 7.03. The number of aliphatic carboxylic acids is 1. The summed E-state index contributed by atoms with van der Waals surface area (Å²) in [5.41, 5.74) is 6.00. The third kappa shape index (κ3) is 3.63. The number of benzene rings is 1. The molecule has 0 aliphatic heterocycles. The third-order valence-corrected chi connectivity index (χ3v) is 4.11. The molecule has 1 fully saturated rings. The second-order valence-electron chi connectivity index (χ2n) is 5.59. The van der Waals surface area contributed by atoms with Gasteiger partial charge >= 0.3 is 5.97 Å². The number of hydrogen-bond acceptors (Lipinski definition) is 3. The summed E-state index contributed by atoms with van der Waals surface area (Å²) in [6.45, 7) is 1.80. The van der Waals surface area contributed by atoms with Gasteiger partial charge in [0.2, 0.25) is 5.91 Å². The van der Waals surface area contributed by atoms with E-state index in [1.165, 1.54) is 0 Å². The van der Waals surface area contributed by atoms with Gasteiger partial charge in [0.05, 0.1) is 11.8 Å². The van der Waals surface area contributed by atoms with E-state index in [1.54, 1.807) is 25.1 Å². The first-order chi connectivity index (χ1) is 10.5. The van der Waals surface area contributed by atoms with Crippen LogP contribution >= 0.6 is 0 Å². The van der Waals surface area contributed by atoms with Crippen molar-refractivity contribution in [3.05, 3.63) is 35.4 Å². The minimum atomic E-state index is -0.954. The number of carboxylic acid groups (broad SMARTS) is 1. The second kappa shape index (κ2) is 7.06. The van der Waals surface area contributed by atoms with Gasteiger partial charge in [-0.15, -0.1) is 0 Å². The average molecular weight is 304 g/mol. The van der Waals surface area contributed by atoms with Gasteiger partial charge in [-0.05, 0) is 31.4 Å². The highest BCUT2D eigenvalue weighted by atomic mass is 16.4. The van der Waals surface area contributed by atoms with Crippen molar-refractivity contribution in [1.29, 1.82) is 0 Å². The smallest absolute Gasteiger partial charge is 0.307 e. The number of rotatable bonds is 3.